The number of carboxylic acids is 1. The van der Waals surface area contributed by atoms with Gasteiger partial charge in [0.05, 0.1) is 26.1 Å². The number of carboxylic acid groups (broad SMARTS) is 1. The molecule has 5 heteroatoms. The molecule has 1 rings (SSSR count). The zero-order chi connectivity index (χ0) is 12.5. The molecule has 0 amide bonds. The van der Waals surface area contributed by atoms with Crippen LogP contribution in [-0.4, -0.2) is 30.9 Å². The molecule has 0 unspecified atom stereocenters. The molecule has 5 nitrogen and oxygen atoms in total. The lowest BCUT2D eigenvalue weighted by Crippen LogP contribution is -2.06. The Kier molecular flexibility index (Phi) is 6.35. The summed E-state index contributed by atoms with van der Waals surface area (Å²) in [6, 6.07) is 1.60. The fourth-order valence-electron chi connectivity index (χ4n) is 1.29. The molecule has 0 aromatic carbocycles. The number of carbonyl (C=O) groups is 1. The minimum Gasteiger partial charge on any atom is -0.475 e. The number of ether oxygens (including phenoxy) is 2. The lowest BCUT2D eigenvalue weighted by atomic mass is 10.2. The maximum absolute atomic E-state index is 10.7. The molecule has 0 aliphatic rings. The van der Waals surface area contributed by atoms with E-state index in [1.807, 2.05) is 0 Å². The van der Waals surface area contributed by atoms with E-state index in [4.69, 9.17) is 19.0 Å². The predicted octanol–water partition coefficient (Wildman–Crippen LogP) is 2.31. The summed E-state index contributed by atoms with van der Waals surface area (Å²) in [4.78, 5) is 10.7. The Bertz CT molecular complexity index is 331. The molecule has 0 spiro atoms. The van der Waals surface area contributed by atoms with Crippen molar-refractivity contribution >= 4 is 5.97 Å². The van der Waals surface area contributed by atoms with E-state index in [0.29, 0.717) is 18.8 Å². The van der Waals surface area contributed by atoms with Crippen LogP contribution in [0.1, 0.15) is 35.9 Å². The SMILES string of the molecule is CCCCOCCOCc1ccoc1C(=O)O. The highest BCUT2D eigenvalue weighted by Gasteiger charge is 2.13. The third-order valence-corrected chi connectivity index (χ3v) is 2.21. The van der Waals surface area contributed by atoms with Gasteiger partial charge in [-0.25, -0.2) is 4.79 Å². The maximum atomic E-state index is 10.7. The smallest absolute Gasteiger partial charge is 0.372 e. The second kappa shape index (κ2) is 7.86. The molecule has 1 N–H and O–H groups in total. The van der Waals surface area contributed by atoms with E-state index < -0.39 is 5.97 Å². The average Bonchev–Trinajstić information content (AvgIpc) is 2.76. The van der Waals surface area contributed by atoms with E-state index in [0.717, 1.165) is 19.4 Å². The molecule has 0 saturated carbocycles. The summed E-state index contributed by atoms with van der Waals surface area (Å²) in [7, 11) is 0. The molecule has 0 atom stereocenters. The predicted molar refractivity (Wildman–Crippen MR) is 61.1 cm³/mol. The van der Waals surface area contributed by atoms with Gasteiger partial charge in [0.1, 0.15) is 0 Å². The third-order valence-electron chi connectivity index (χ3n) is 2.21. The van der Waals surface area contributed by atoms with E-state index in [9.17, 15) is 4.79 Å². The van der Waals surface area contributed by atoms with Gasteiger partial charge in [0, 0.05) is 12.2 Å². The van der Waals surface area contributed by atoms with Crippen molar-refractivity contribution in [3.63, 3.8) is 0 Å². The monoisotopic (exact) mass is 242 g/mol. The first kappa shape index (κ1) is 13.7. The fraction of sp³-hybridized carbons (Fsp3) is 0.583. The largest absolute Gasteiger partial charge is 0.475 e. The Hall–Kier alpha value is -1.33. The Labute approximate surface area is 100 Å². The van der Waals surface area contributed by atoms with Crippen molar-refractivity contribution in [3.05, 3.63) is 23.7 Å². The van der Waals surface area contributed by atoms with Crippen molar-refractivity contribution < 1.29 is 23.8 Å². The zero-order valence-electron chi connectivity index (χ0n) is 9.98. The van der Waals surface area contributed by atoms with Crippen LogP contribution >= 0.6 is 0 Å². The summed E-state index contributed by atoms with van der Waals surface area (Å²) in [6.45, 7) is 4.06. The molecule has 0 fully saturated rings. The molecule has 1 aromatic rings. The maximum Gasteiger partial charge on any atom is 0.372 e. The van der Waals surface area contributed by atoms with E-state index >= 15 is 0 Å². The number of hydrogen-bond donors (Lipinski definition) is 1. The van der Waals surface area contributed by atoms with E-state index in [-0.39, 0.29) is 12.4 Å². The van der Waals surface area contributed by atoms with Crippen LogP contribution in [0.15, 0.2) is 16.7 Å². The number of unbranched alkanes of at least 4 members (excludes halogenated alkanes) is 1. The van der Waals surface area contributed by atoms with Crippen LogP contribution in [0.4, 0.5) is 0 Å². The molecular weight excluding hydrogens is 224 g/mol. The quantitative estimate of drug-likeness (QED) is 0.673. The molecule has 0 bridgehead atoms. The Morgan fingerprint density at radius 3 is 2.82 bits per heavy atom. The molecule has 0 radical (unpaired) electrons. The van der Waals surface area contributed by atoms with E-state index in [1.165, 1.54) is 6.26 Å². The van der Waals surface area contributed by atoms with Gasteiger partial charge < -0.3 is 19.0 Å². The second-order valence-corrected chi connectivity index (χ2v) is 3.60. The molecule has 1 heterocycles. The third kappa shape index (κ3) is 5.01. The van der Waals surface area contributed by atoms with Crippen LogP contribution in [0.3, 0.4) is 0 Å². The molecule has 0 aliphatic carbocycles. The van der Waals surface area contributed by atoms with Gasteiger partial charge in [-0.1, -0.05) is 13.3 Å². The second-order valence-electron chi connectivity index (χ2n) is 3.60. The fourth-order valence-corrected chi connectivity index (χ4v) is 1.29. The van der Waals surface area contributed by atoms with Gasteiger partial charge >= 0.3 is 5.97 Å². The van der Waals surface area contributed by atoms with Gasteiger partial charge in [-0.15, -0.1) is 0 Å². The molecule has 0 saturated heterocycles. The summed E-state index contributed by atoms with van der Waals surface area (Å²) in [5, 5.41) is 8.78. The van der Waals surface area contributed by atoms with E-state index in [2.05, 4.69) is 6.92 Å². The van der Waals surface area contributed by atoms with E-state index in [1.54, 1.807) is 6.07 Å². The summed E-state index contributed by atoms with van der Waals surface area (Å²) in [5.74, 6) is -1.13. The summed E-state index contributed by atoms with van der Waals surface area (Å²) in [6.07, 6.45) is 3.50. The average molecular weight is 242 g/mol. The van der Waals surface area contributed by atoms with Gasteiger partial charge in [-0.05, 0) is 12.5 Å². The van der Waals surface area contributed by atoms with Crippen LogP contribution in [-0.2, 0) is 16.1 Å². The number of hydrogen-bond acceptors (Lipinski definition) is 4. The highest BCUT2D eigenvalue weighted by molar-refractivity contribution is 5.85. The van der Waals surface area contributed by atoms with Gasteiger partial charge in [-0.2, -0.15) is 0 Å². The van der Waals surface area contributed by atoms with Gasteiger partial charge in [-0.3, -0.25) is 0 Å². The van der Waals surface area contributed by atoms with Crippen LogP contribution < -0.4 is 0 Å². The lowest BCUT2D eigenvalue weighted by molar-refractivity contribution is 0.0385. The number of aromatic carboxylic acids is 1. The normalized spacial score (nSPS) is 10.6. The van der Waals surface area contributed by atoms with Crippen molar-refractivity contribution in [2.45, 2.75) is 26.4 Å². The van der Waals surface area contributed by atoms with Crippen molar-refractivity contribution in [1.82, 2.24) is 0 Å². The van der Waals surface area contributed by atoms with Crippen LogP contribution in [0.5, 0.6) is 0 Å². The van der Waals surface area contributed by atoms with Crippen molar-refractivity contribution in [3.8, 4) is 0 Å². The Morgan fingerprint density at radius 1 is 1.35 bits per heavy atom. The molecule has 96 valence electrons. The summed E-state index contributed by atoms with van der Waals surface area (Å²) < 4.78 is 15.4. The van der Waals surface area contributed by atoms with Crippen molar-refractivity contribution in [2.75, 3.05) is 19.8 Å². The first-order valence-electron chi connectivity index (χ1n) is 5.70. The Balaban J connectivity index is 2.14. The summed E-state index contributed by atoms with van der Waals surface area (Å²) in [5.41, 5.74) is 0.547. The Morgan fingerprint density at radius 2 is 2.12 bits per heavy atom. The topological polar surface area (TPSA) is 68.9 Å². The molecular formula is C12H18O5. The number of rotatable bonds is 9. The lowest BCUT2D eigenvalue weighted by Gasteiger charge is -2.04. The van der Waals surface area contributed by atoms with Crippen LogP contribution in [0, 0.1) is 0 Å². The van der Waals surface area contributed by atoms with Gasteiger partial charge in [0.15, 0.2) is 0 Å². The van der Waals surface area contributed by atoms with Gasteiger partial charge in [0.25, 0.3) is 0 Å². The molecule has 0 aliphatic heterocycles. The minimum absolute atomic E-state index is 0.0584. The van der Waals surface area contributed by atoms with Crippen LogP contribution in [0.25, 0.3) is 0 Å². The zero-order valence-corrected chi connectivity index (χ0v) is 9.98. The van der Waals surface area contributed by atoms with Crippen molar-refractivity contribution in [2.24, 2.45) is 0 Å². The van der Waals surface area contributed by atoms with Gasteiger partial charge in [0.2, 0.25) is 5.76 Å². The minimum atomic E-state index is -1.08. The van der Waals surface area contributed by atoms with Crippen molar-refractivity contribution in [1.29, 1.82) is 0 Å². The first-order chi connectivity index (χ1) is 8.25. The number of furan rings is 1. The standard InChI is InChI=1S/C12H18O5/c1-2-3-5-15-7-8-16-9-10-4-6-17-11(10)12(13)14/h4,6H,2-3,5,7-9H2,1H3,(H,13,14). The molecule has 17 heavy (non-hydrogen) atoms. The highest BCUT2D eigenvalue weighted by atomic mass is 16.5. The first-order valence-corrected chi connectivity index (χ1v) is 5.70. The summed E-state index contributed by atoms with van der Waals surface area (Å²) >= 11 is 0. The molecule has 1 aromatic heterocycles. The van der Waals surface area contributed by atoms with Crippen LogP contribution in [0.2, 0.25) is 0 Å². The highest BCUT2D eigenvalue weighted by Crippen LogP contribution is 2.11.